The number of rotatable bonds is 9. The first-order chi connectivity index (χ1) is 20.2. The minimum Gasteiger partial charge on any atom is -0.495 e. The van der Waals surface area contributed by atoms with Gasteiger partial charge in [-0.25, -0.2) is 0 Å². The first kappa shape index (κ1) is 27.8. The van der Waals surface area contributed by atoms with Crippen molar-refractivity contribution in [1.29, 1.82) is 0 Å². The number of fused-ring (bicyclic) bond motifs is 1. The van der Waals surface area contributed by atoms with Crippen LogP contribution < -0.4 is 15.0 Å². The fraction of sp³-hybridized carbons (Fsp3) is 0.455. The fourth-order valence-corrected chi connectivity index (χ4v) is 7.77. The molecule has 2 aromatic carbocycles. The van der Waals surface area contributed by atoms with Crippen LogP contribution in [0.15, 0.2) is 66.0 Å². The number of nitrogens with zero attached hydrogens (tertiary/aromatic N) is 3. The molecule has 1 aromatic heterocycles. The second-order valence-corrected chi connectivity index (χ2v) is 12.3. The van der Waals surface area contributed by atoms with E-state index >= 15 is 0 Å². The number of carbonyl (C=O) groups is 2. The molecule has 2 aliphatic heterocycles. The molecule has 0 bridgehead atoms. The number of anilines is 1. The van der Waals surface area contributed by atoms with Crippen molar-refractivity contribution in [3.63, 3.8) is 0 Å². The predicted molar refractivity (Wildman–Crippen MR) is 164 cm³/mol. The maximum absolute atomic E-state index is 14.0. The Morgan fingerprint density at radius 1 is 0.976 bits per heavy atom. The van der Waals surface area contributed by atoms with Gasteiger partial charge in [0.05, 0.1) is 24.8 Å². The van der Waals surface area contributed by atoms with Gasteiger partial charge in [-0.15, -0.1) is 11.3 Å². The van der Waals surface area contributed by atoms with E-state index in [1.807, 2.05) is 42.5 Å². The van der Waals surface area contributed by atoms with Crippen molar-refractivity contribution in [2.45, 2.75) is 50.1 Å². The number of benzene rings is 2. The Bertz CT molecular complexity index is 1330. The summed E-state index contributed by atoms with van der Waals surface area (Å²) in [5.74, 6) is 0.601. The minimum atomic E-state index is -0.410. The molecule has 3 heterocycles. The zero-order chi connectivity index (χ0) is 28.2. The van der Waals surface area contributed by atoms with Gasteiger partial charge in [-0.05, 0) is 61.0 Å². The average Bonchev–Trinajstić information content (AvgIpc) is 3.75. The van der Waals surface area contributed by atoms with E-state index in [2.05, 4.69) is 43.6 Å². The van der Waals surface area contributed by atoms with E-state index in [0.717, 1.165) is 86.7 Å². The number of thiophene rings is 1. The van der Waals surface area contributed by atoms with Crippen molar-refractivity contribution in [3.05, 3.63) is 82.0 Å². The number of carbonyl (C=O) groups excluding carboxylic acids is 2. The zero-order valence-electron chi connectivity index (χ0n) is 23.8. The summed E-state index contributed by atoms with van der Waals surface area (Å²) in [6, 6.07) is 20.0. The Hall–Kier alpha value is -3.36. The number of piperazine rings is 1. The van der Waals surface area contributed by atoms with Crippen LogP contribution in [0.1, 0.15) is 64.9 Å². The molecule has 8 heteroatoms. The molecule has 3 aliphatic rings. The van der Waals surface area contributed by atoms with E-state index < -0.39 is 5.92 Å². The van der Waals surface area contributed by atoms with Crippen LogP contribution >= 0.6 is 11.3 Å². The van der Waals surface area contributed by atoms with Gasteiger partial charge in [0.15, 0.2) is 0 Å². The monoisotopic (exact) mass is 572 g/mol. The molecule has 1 aliphatic carbocycles. The molecule has 3 aromatic rings. The molecule has 1 N–H and O–H groups in total. The molecule has 7 nitrogen and oxygen atoms in total. The van der Waals surface area contributed by atoms with E-state index in [1.165, 1.54) is 0 Å². The van der Waals surface area contributed by atoms with Crippen LogP contribution in [0.3, 0.4) is 0 Å². The summed E-state index contributed by atoms with van der Waals surface area (Å²) in [5.41, 5.74) is 2.69. The highest BCUT2D eigenvalue weighted by Crippen LogP contribution is 2.47. The molecule has 216 valence electrons. The third-order valence-corrected chi connectivity index (χ3v) is 9.90. The lowest BCUT2D eigenvalue weighted by Crippen LogP contribution is -2.51. The van der Waals surface area contributed by atoms with Gasteiger partial charge in [-0.3, -0.25) is 14.5 Å². The number of para-hydroxylation sites is 2. The Balaban J connectivity index is 1.10. The number of methoxy groups -OCH3 is 1. The molecule has 0 spiro atoms. The molecule has 0 unspecified atom stereocenters. The van der Waals surface area contributed by atoms with E-state index in [4.69, 9.17) is 4.74 Å². The number of amides is 2. The lowest BCUT2D eigenvalue weighted by molar-refractivity contribution is -0.124. The zero-order valence-corrected chi connectivity index (χ0v) is 24.7. The standard InChI is InChI=1S/C33H40N4O3S/c1-40-28-15-7-6-14-27(28)36-21-19-35(20-22-36)18-9-17-34-32(38)30-25-12-4-5-13-26(25)33(39)37(24-10-2-3-11-24)31(30)29-16-8-23-41-29/h4-8,12-16,23-24,30-31H,2-3,9-11,17-22H2,1H3,(H,34,38)/t30-,31+/m0/s1. The van der Waals surface area contributed by atoms with Gasteiger partial charge in [0, 0.05) is 49.2 Å². The molecule has 1 saturated heterocycles. The Kier molecular flexibility index (Phi) is 8.58. The van der Waals surface area contributed by atoms with Gasteiger partial charge in [-0.2, -0.15) is 0 Å². The van der Waals surface area contributed by atoms with Crippen LogP contribution in [0.2, 0.25) is 0 Å². The molecule has 2 amide bonds. The first-order valence-electron chi connectivity index (χ1n) is 15.0. The minimum absolute atomic E-state index is 0.0207. The molecular weight excluding hydrogens is 532 g/mol. The van der Waals surface area contributed by atoms with Gasteiger partial charge in [0.25, 0.3) is 5.91 Å². The van der Waals surface area contributed by atoms with E-state index in [0.29, 0.717) is 12.1 Å². The molecular formula is C33H40N4O3S. The lowest BCUT2D eigenvalue weighted by Gasteiger charge is -2.44. The maximum atomic E-state index is 14.0. The quantitative estimate of drug-likeness (QED) is 0.352. The van der Waals surface area contributed by atoms with Crippen LogP contribution in [-0.2, 0) is 4.79 Å². The SMILES string of the molecule is COc1ccccc1N1CCN(CCCNC(=O)[C@H]2c3ccccc3C(=O)N(C3CCCC3)[C@@H]2c2cccs2)CC1. The van der Waals surface area contributed by atoms with Gasteiger partial charge >= 0.3 is 0 Å². The number of hydrogen-bond donors (Lipinski definition) is 1. The van der Waals surface area contributed by atoms with E-state index in [-0.39, 0.29) is 23.9 Å². The second-order valence-electron chi connectivity index (χ2n) is 11.3. The molecule has 6 rings (SSSR count). The first-order valence-corrected chi connectivity index (χ1v) is 15.9. The fourth-order valence-electron chi connectivity index (χ4n) is 6.91. The Morgan fingerprint density at radius 2 is 1.73 bits per heavy atom. The second kappa shape index (κ2) is 12.7. The molecule has 0 radical (unpaired) electrons. The summed E-state index contributed by atoms with van der Waals surface area (Å²) in [7, 11) is 1.72. The third-order valence-electron chi connectivity index (χ3n) is 8.96. The summed E-state index contributed by atoms with van der Waals surface area (Å²) >= 11 is 1.65. The topological polar surface area (TPSA) is 65.1 Å². The van der Waals surface area contributed by atoms with E-state index in [1.54, 1.807) is 18.4 Å². The van der Waals surface area contributed by atoms with Crippen molar-refractivity contribution in [1.82, 2.24) is 15.1 Å². The summed E-state index contributed by atoms with van der Waals surface area (Å²) < 4.78 is 5.56. The largest absolute Gasteiger partial charge is 0.495 e. The van der Waals surface area contributed by atoms with Crippen LogP contribution in [0.4, 0.5) is 5.69 Å². The predicted octanol–water partition coefficient (Wildman–Crippen LogP) is 5.31. The normalized spacial score (nSPS) is 21.6. The molecule has 2 fully saturated rings. The van der Waals surface area contributed by atoms with E-state index in [9.17, 15) is 9.59 Å². The summed E-state index contributed by atoms with van der Waals surface area (Å²) in [6.07, 6.45) is 5.18. The van der Waals surface area contributed by atoms with Gasteiger partial charge in [0.1, 0.15) is 5.75 Å². The van der Waals surface area contributed by atoms with Crippen molar-refractivity contribution in [3.8, 4) is 5.75 Å². The Labute approximate surface area is 247 Å². The number of nitrogens with one attached hydrogen (secondary N) is 1. The van der Waals surface area contributed by atoms with Gasteiger partial charge in [-0.1, -0.05) is 49.2 Å². The van der Waals surface area contributed by atoms with Crippen molar-refractivity contribution in [2.24, 2.45) is 0 Å². The van der Waals surface area contributed by atoms with Crippen LogP contribution in [0.5, 0.6) is 5.75 Å². The summed E-state index contributed by atoms with van der Waals surface area (Å²) in [4.78, 5) is 35.8. The van der Waals surface area contributed by atoms with Crippen molar-refractivity contribution in [2.75, 3.05) is 51.3 Å². The molecule has 1 saturated carbocycles. The smallest absolute Gasteiger partial charge is 0.254 e. The third kappa shape index (κ3) is 5.72. The highest BCUT2D eigenvalue weighted by molar-refractivity contribution is 7.10. The van der Waals surface area contributed by atoms with Gasteiger partial charge < -0.3 is 19.9 Å². The summed E-state index contributed by atoms with van der Waals surface area (Å²) in [6.45, 7) is 5.46. The van der Waals surface area contributed by atoms with Gasteiger partial charge in [0.2, 0.25) is 5.91 Å². The molecule has 41 heavy (non-hydrogen) atoms. The average molecular weight is 573 g/mol. The maximum Gasteiger partial charge on any atom is 0.254 e. The lowest BCUT2D eigenvalue weighted by atomic mass is 9.80. The van der Waals surface area contributed by atoms with Crippen molar-refractivity contribution >= 4 is 28.8 Å². The summed E-state index contributed by atoms with van der Waals surface area (Å²) in [5, 5.41) is 5.33. The Morgan fingerprint density at radius 3 is 2.49 bits per heavy atom. The molecule has 2 atom stereocenters. The van der Waals surface area contributed by atoms with Crippen LogP contribution in [0.25, 0.3) is 0 Å². The number of hydrogen-bond acceptors (Lipinski definition) is 6. The highest BCUT2D eigenvalue weighted by Gasteiger charge is 2.47. The van der Waals surface area contributed by atoms with Crippen LogP contribution in [0, 0.1) is 0 Å². The van der Waals surface area contributed by atoms with Crippen molar-refractivity contribution < 1.29 is 14.3 Å². The highest BCUT2D eigenvalue weighted by atomic mass is 32.1. The van der Waals surface area contributed by atoms with Crippen LogP contribution in [-0.4, -0.2) is 74.0 Å². The number of ether oxygens (including phenoxy) is 1.